The first-order valence-corrected chi connectivity index (χ1v) is 7.20. The third-order valence-electron chi connectivity index (χ3n) is 2.80. The molecule has 0 saturated carbocycles. The summed E-state index contributed by atoms with van der Waals surface area (Å²) >= 11 is 6.01. The van der Waals surface area contributed by atoms with Gasteiger partial charge in [0.25, 0.3) is 0 Å². The van der Waals surface area contributed by atoms with Crippen molar-refractivity contribution in [1.82, 2.24) is 0 Å². The lowest BCUT2D eigenvalue weighted by atomic mass is 10.0. The normalized spacial score (nSPS) is 11.4. The number of esters is 1. The first-order valence-electron chi connectivity index (χ1n) is 6.82. The van der Waals surface area contributed by atoms with Gasteiger partial charge in [-0.05, 0) is 38.0 Å². The van der Waals surface area contributed by atoms with Gasteiger partial charge < -0.3 is 10.5 Å². The van der Waals surface area contributed by atoms with Crippen LogP contribution in [0.4, 0.5) is 5.69 Å². The van der Waals surface area contributed by atoms with Crippen LogP contribution in [0.25, 0.3) is 0 Å². The number of aliphatic imine (C=N–C) groups is 1. The molecule has 1 rings (SSSR count). The molecule has 5 heteroatoms. The summed E-state index contributed by atoms with van der Waals surface area (Å²) in [5.74, 6) is -0.331. The zero-order valence-corrected chi connectivity index (χ0v) is 12.7. The van der Waals surface area contributed by atoms with Crippen LogP contribution in [-0.2, 0) is 9.53 Å². The van der Waals surface area contributed by atoms with E-state index in [0.29, 0.717) is 17.3 Å². The summed E-state index contributed by atoms with van der Waals surface area (Å²) in [6, 6.07) is 5.28. The van der Waals surface area contributed by atoms with E-state index in [9.17, 15) is 4.79 Å². The SMILES string of the molecule is CCCCC(=NCC(=O)OCC)c1cc(Cl)ccc1N. The lowest BCUT2D eigenvalue weighted by Gasteiger charge is -2.10. The molecule has 0 atom stereocenters. The highest BCUT2D eigenvalue weighted by atomic mass is 35.5. The van der Waals surface area contributed by atoms with E-state index < -0.39 is 0 Å². The van der Waals surface area contributed by atoms with E-state index in [1.54, 1.807) is 25.1 Å². The second kappa shape index (κ2) is 8.59. The number of ether oxygens (including phenoxy) is 1. The highest BCUT2D eigenvalue weighted by Gasteiger charge is 2.10. The van der Waals surface area contributed by atoms with Gasteiger partial charge in [0.15, 0.2) is 0 Å². The third-order valence-corrected chi connectivity index (χ3v) is 3.03. The van der Waals surface area contributed by atoms with Crippen LogP contribution in [0.1, 0.15) is 38.7 Å². The van der Waals surface area contributed by atoms with Gasteiger partial charge in [-0.2, -0.15) is 0 Å². The van der Waals surface area contributed by atoms with Gasteiger partial charge in [-0.25, -0.2) is 0 Å². The van der Waals surface area contributed by atoms with Crippen molar-refractivity contribution in [2.75, 3.05) is 18.9 Å². The minimum absolute atomic E-state index is 0.0127. The molecule has 1 aromatic rings. The Bertz CT molecular complexity index is 487. The molecule has 0 aromatic heterocycles. The number of carbonyl (C=O) groups excluding carboxylic acids is 1. The van der Waals surface area contributed by atoms with E-state index in [4.69, 9.17) is 22.1 Å². The van der Waals surface area contributed by atoms with Crippen molar-refractivity contribution < 1.29 is 9.53 Å². The van der Waals surface area contributed by atoms with Crippen LogP contribution < -0.4 is 5.73 Å². The van der Waals surface area contributed by atoms with Gasteiger partial charge in [-0.15, -0.1) is 0 Å². The topological polar surface area (TPSA) is 64.7 Å². The molecule has 110 valence electrons. The summed E-state index contributed by atoms with van der Waals surface area (Å²) in [7, 11) is 0. The number of benzene rings is 1. The van der Waals surface area contributed by atoms with Gasteiger partial charge in [-0.1, -0.05) is 24.9 Å². The number of anilines is 1. The number of hydrogen-bond acceptors (Lipinski definition) is 4. The van der Waals surface area contributed by atoms with Crippen molar-refractivity contribution in [3.8, 4) is 0 Å². The third kappa shape index (κ3) is 5.21. The molecule has 0 saturated heterocycles. The van der Waals surface area contributed by atoms with Gasteiger partial charge in [0.1, 0.15) is 6.54 Å². The van der Waals surface area contributed by atoms with E-state index >= 15 is 0 Å². The fraction of sp³-hybridized carbons (Fsp3) is 0.467. The molecule has 0 aliphatic carbocycles. The van der Waals surface area contributed by atoms with E-state index in [0.717, 1.165) is 30.5 Å². The molecule has 0 radical (unpaired) electrons. The molecule has 20 heavy (non-hydrogen) atoms. The smallest absolute Gasteiger partial charge is 0.327 e. The Morgan fingerprint density at radius 2 is 2.15 bits per heavy atom. The Hall–Kier alpha value is -1.55. The Balaban J connectivity index is 2.95. The molecule has 0 fully saturated rings. The fourth-order valence-electron chi connectivity index (χ4n) is 1.79. The highest BCUT2D eigenvalue weighted by Crippen LogP contribution is 2.21. The van der Waals surface area contributed by atoms with Crippen LogP contribution in [-0.4, -0.2) is 24.8 Å². The number of halogens is 1. The second-order valence-corrected chi connectivity index (χ2v) is 4.84. The van der Waals surface area contributed by atoms with Gasteiger partial charge in [0, 0.05) is 22.0 Å². The molecule has 0 bridgehead atoms. The average Bonchev–Trinajstić information content (AvgIpc) is 2.42. The number of nitrogen functional groups attached to an aromatic ring is 1. The maximum atomic E-state index is 11.4. The molecular formula is C15H21ClN2O2. The number of unbranched alkanes of at least 4 members (excludes halogenated alkanes) is 1. The number of rotatable bonds is 7. The van der Waals surface area contributed by atoms with Crippen molar-refractivity contribution >= 4 is 29.0 Å². The average molecular weight is 297 g/mol. The number of nitrogens with two attached hydrogens (primary N) is 1. The summed E-state index contributed by atoms with van der Waals surface area (Å²) in [6.07, 6.45) is 2.78. The highest BCUT2D eigenvalue weighted by molar-refractivity contribution is 6.31. The van der Waals surface area contributed by atoms with Crippen LogP contribution in [0.15, 0.2) is 23.2 Å². The Kier molecular flexibility index (Phi) is 7.09. The number of carbonyl (C=O) groups is 1. The van der Waals surface area contributed by atoms with Crippen molar-refractivity contribution in [2.24, 2.45) is 4.99 Å². The first kappa shape index (κ1) is 16.5. The second-order valence-electron chi connectivity index (χ2n) is 4.40. The maximum Gasteiger partial charge on any atom is 0.327 e. The lowest BCUT2D eigenvalue weighted by Crippen LogP contribution is -2.12. The molecule has 1 aromatic carbocycles. The molecule has 0 spiro atoms. The van der Waals surface area contributed by atoms with Crippen LogP contribution >= 0.6 is 11.6 Å². The molecule has 0 amide bonds. The Labute approximate surface area is 125 Å². The zero-order chi connectivity index (χ0) is 15.0. The minimum Gasteiger partial charge on any atom is -0.465 e. The molecule has 0 heterocycles. The Morgan fingerprint density at radius 1 is 1.40 bits per heavy atom. The predicted octanol–water partition coefficient (Wildman–Crippen LogP) is 3.46. The molecule has 4 nitrogen and oxygen atoms in total. The largest absolute Gasteiger partial charge is 0.465 e. The van der Waals surface area contributed by atoms with Crippen molar-refractivity contribution in [3.63, 3.8) is 0 Å². The number of hydrogen-bond donors (Lipinski definition) is 1. The maximum absolute atomic E-state index is 11.4. The fourth-order valence-corrected chi connectivity index (χ4v) is 1.96. The molecule has 0 unspecified atom stereocenters. The zero-order valence-electron chi connectivity index (χ0n) is 12.0. The van der Waals surface area contributed by atoms with E-state index in [2.05, 4.69) is 11.9 Å². The molecular weight excluding hydrogens is 276 g/mol. The van der Waals surface area contributed by atoms with Crippen LogP contribution in [0.5, 0.6) is 0 Å². The Morgan fingerprint density at radius 3 is 2.80 bits per heavy atom. The van der Waals surface area contributed by atoms with E-state index in [1.807, 2.05) is 0 Å². The number of nitrogens with zero attached hydrogens (tertiary/aromatic N) is 1. The van der Waals surface area contributed by atoms with Crippen LogP contribution in [0, 0.1) is 0 Å². The lowest BCUT2D eigenvalue weighted by molar-refractivity contribution is -0.141. The quantitative estimate of drug-likeness (QED) is 0.476. The summed E-state index contributed by atoms with van der Waals surface area (Å²) in [6.45, 7) is 4.25. The van der Waals surface area contributed by atoms with Gasteiger partial charge in [0.05, 0.1) is 6.61 Å². The summed E-state index contributed by atoms with van der Waals surface area (Å²) in [5.41, 5.74) is 8.20. The van der Waals surface area contributed by atoms with Gasteiger partial charge >= 0.3 is 5.97 Å². The van der Waals surface area contributed by atoms with Crippen molar-refractivity contribution in [1.29, 1.82) is 0 Å². The molecule has 2 N–H and O–H groups in total. The predicted molar refractivity (Wildman–Crippen MR) is 83.4 cm³/mol. The standard InChI is InChI=1S/C15H21ClN2O2/c1-3-5-6-14(18-10-15(19)20-4-2)12-9-11(16)7-8-13(12)17/h7-9H,3-6,10,17H2,1-2H3. The summed E-state index contributed by atoms with van der Waals surface area (Å²) in [4.78, 5) is 15.8. The molecule has 0 aliphatic rings. The molecule has 0 aliphatic heterocycles. The van der Waals surface area contributed by atoms with Crippen molar-refractivity contribution in [2.45, 2.75) is 33.1 Å². The monoisotopic (exact) mass is 296 g/mol. The van der Waals surface area contributed by atoms with E-state index in [1.165, 1.54) is 0 Å². The minimum atomic E-state index is -0.331. The van der Waals surface area contributed by atoms with Crippen LogP contribution in [0.3, 0.4) is 0 Å². The van der Waals surface area contributed by atoms with Crippen LogP contribution in [0.2, 0.25) is 5.02 Å². The summed E-state index contributed by atoms with van der Waals surface area (Å²) in [5, 5.41) is 0.606. The first-order chi connectivity index (χ1) is 9.58. The van der Waals surface area contributed by atoms with E-state index in [-0.39, 0.29) is 12.5 Å². The van der Waals surface area contributed by atoms with Gasteiger partial charge in [0.2, 0.25) is 0 Å². The van der Waals surface area contributed by atoms with Crippen molar-refractivity contribution in [3.05, 3.63) is 28.8 Å². The van der Waals surface area contributed by atoms with Gasteiger partial charge in [-0.3, -0.25) is 9.79 Å². The summed E-state index contributed by atoms with van der Waals surface area (Å²) < 4.78 is 4.88.